The Morgan fingerprint density at radius 2 is 1.94 bits per heavy atom. The summed E-state index contributed by atoms with van der Waals surface area (Å²) >= 11 is 0. The lowest BCUT2D eigenvalue weighted by Crippen LogP contribution is -2.28. The van der Waals surface area contributed by atoms with Crippen LogP contribution in [0.2, 0.25) is 0 Å². The van der Waals surface area contributed by atoms with Gasteiger partial charge in [0, 0.05) is 70.0 Å². The van der Waals surface area contributed by atoms with E-state index in [-0.39, 0.29) is 24.1 Å². The van der Waals surface area contributed by atoms with Gasteiger partial charge in [-0.25, -0.2) is 0 Å². The number of nitrogens with one attached hydrogen (secondary N) is 2. The Hall–Kier alpha value is -4.00. The van der Waals surface area contributed by atoms with Crippen molar-refractivity contribution in [3.63, 3.8) is 0 Å². The lowest BCUT2D eigenvalue weighted by molar-refractivity contribution is 0.0952. The number of hydrogen-bond acceptors (Lipinski definition) is 4. The Morgan fingerprint density at radius 1 is 1.14 bits per heavy atom. The van der Waals surface area contributed by atoms with Crippen molar-refractivity contribution in [1.82, 2.24) is 19.9 Å². The Labute approximate surface area is 203 Å². The molecule has 0 aliphatic carbocycles. The number of carbonyl (C=O) groups excluding carboxylic acids is 1. The first-order valence-corrected chi connectivity index (χ1v) is 11.8. The third kappa shape index (κ3) is 4.07. The zero-order chi connectivity index (χ0) is 24.9. The van der Waals surface area contributed by atoms with Gasteiger partial charge >= 0.3 is 0 Å². The van der Waals surface area contributed by atoms with Crippen molar-refractivity contribution in [2.45, 2.75) is 53.8 Å². The van der Waals surface area contributed by atoms with Crippen LogP contribution >= 0.6 is 0 Å². The van der Waals surface area contributed by atoms with Crippen LogP contribution in [0.1, 0.15) is 63.8 Å². The molecule has 35 heavy (non-hydrogen) atoms. The highest BCUT2D eigenvalue weighted by Gasteiger charge is 2.20. The summed E-state index contributed by atoms with van der Waals surface area (Å²) < 4.78 is 2.19. The second-order valence-electron chi connectivity index (χ2n) is 9.59. The number of pyridine rings is 2. The lowest BCUT2D eigenvalue weighted by Gasteiger charge is -2.14. The average molecular weight is 468 g/mol. The van der Waals surface area contributed by atoms with Crippen molar-refractivity contribution >= 4 is 23.0 Å². The first-order valence-electron chi connectivity index (χ1n) is 11.8. The van der Waals surface area contributed by atoms with Crippen LogP contribution in [-0.4, -0.2) is 26.7 Å². The molecule has 1 amide bonds. The van der Waals surface area contributed by atoms with Gasteiger partial charge < -0.3 is 14.9 Å². The minimum absolute atomic E-state index is 0.157. The van der Waals surface area contributed by atoms with Gasteiger partial charge in [-0.3, -0.25) is 19.6 Å². The summed E-state index contributed by atoms with van der Waals surface area (Å²) in [6, 6.07) is 8.21. The van der Waals surface area contributed by atoms with Gasteiger partial charge in [0.05, 0.1) is 12.2 Å². The smallest absolute Gasteiger partial charge is 0.253 e. The topological polar surface area (TPSA) is 92.1 Å². The third-order valence-corrected chi connectivity index (χ3v) is 6.66. The van der Waals surface area contributed by atoms with Gasteiger partial charge in [0.2, 0.25) is 0 Å². The first kappa shape index (κ1) is 22.8. The monoisotopic (exact) mass is 467 g/mol. The van der Waals surface area contributed by atoms with Gasteiger partial charge in [-0.1, -0.05) is 0 Å². The van der Waals surface area contributed by atoms with Crippen LogP contribution in [0.3, 0.4) is 0 Å². The SMILES string of the molecule is Cc1cc(C)c(CNC(=O)c2cc(-c3cc4c(cn3)C=NC4)cc3c2c(C)cn3C(C)C)c(=O)[nH]1. The number of aromatic nitrogens is 3. The van der Waals surface area contributed by atoms with Crippen LogP contribution in [0.5, 0.6) is 0 Å². The van der Waals surface area contributed by atoms with Crippen molar-refractivity contribution in [1.29, 1.82) is 0 Å². The molecule has 4 heterocycles. The molecule has 1 aliphatic rings. The summed E-state index contributed by atoms with van der Waals surface area (Å²) in [5.74, 6) is -0.217. The largest absolute Gasteiger partial charge is 0.348 e. The lowest BCUT2D eigenvalue weighted by atomic mass is 9.99. The number of fused-ring (bicyclic) bond motifs is 2. The Bertz CT molecular complexity index is 1570. The summed E-state index contributed by atoms with van der Waals surface area (Å²) in [5, 5.41) is 3.90. The molecule has 0 atom stereocenters. The molecule has 178 valence electrons. The average Bonchev–Trinajstić information content (AvgIpc) is 3.41. The molecule has 1 aliphatic heterocycles. The Kier molecular flexibility index (Phi) is 5.63. The number of carbonyl (C=O) groups is 1. The molecule has 4 aromatic rings. The maximum absolute atomic E-state index is 13.6. The van der Waals surface area contributed by atoms with Crippen molar-refractivity contribution in [2.75, 3.05) is 0 Å². The minimum atomic E-state index is -0.217. The fraction of sp³-hybridized carbons (Fsp3) is 0.286. The maximum Gasteiger partial charge on any atom is 0.253 e. The third-order valence-electron chi connectivity index (χ3n) is 6.66. The Morgan fingerprint density at radius 3 is 2.69 bits per heavy atom. The molecule has 5 rings (SSSR count). The summed E-state index contributed by atoms with van der Waals surface area (Å²) in [6.07, 6.45) is 5.77. The van der Waals surface area contributed by atoms with E-state index in [9.17, 15) is 9.59 Å². The highest BCUT2D eigenvalue weighted by Crippen LogP contribution is 2.33. The van der Waals surface area contributed by atoms with Crippen LogP contribution in [-0.2, 0) is 13.1 Å². The van der Waals surface area contributed by atoms with Crippen LogP contribution in [0.4, 0.5) is 0 Å². The molecule has 1 aromatic carbocycles. The molecule has 0 saturated heterocycles. The number of amides is 1. The highest BCUT2D eigenvalue weighted by atomic mass is 16.1. The molecule has 0 unspecified atom stereocenters. The highest BCUT2D eigenvalue weighted by molar-refractivity contribution is 6.09. The first-order chi connectivity index (χ1) is 16.7. The summed E-state index contributed by atoms with van der Waals surface area (Å²) in [6.45, 7) is 10.8. The molecule has 2 N–H and O–H groups in total. The molecule has 0 saturated carbocycles. The van der Waals surface area contributed by atoms with E-state index in [4.69, 9.17) is 0 Å². The summed E-state index contributed by atoms with van der Waals surface area (Å²) in [5.41, 5.74) is 8.50. The molecule has 3 aromatic heterocycles. The van der Waals surface area contributed by atoms with Crippen molar-refractivity contribution in [3.8, 4) is 11.3 Å². The molecule has 7 heteroatoms. The predicted molar refractivity (Wildman–Crippen MR) is 139 cm³/mol. The van der Waals surface area contributed by atoms with Crippen molar-refractivity contribution in [2.24, 2.45) is 4.99 Å². The summed E-state index contributed by atoms with van der Waals surface area (Å²) in [4.78, 5) is 37.8. The summed E-state index contributed by atoms with van der Waals surface area (Å²) in [7, 11) is 0. The van der Waals surface area contributed by atoms with E-state index < -0.39 is 0 Å². The second kappa shape index (κ2) is 8.65. The van der Waals surface area contributed by atoms with Crippen LogP contribution in [0.25, 0.3) is 22.2 Å². The van der Waals surface area contributed by atoms with Crippen LogP contribution in [0, 0.1) is 20.8 Å². The van der Waals surface area contributed by atoms with E-state index >= 15 is 0 Å². The van der Waals surface area contributed by atoms with Gasteiger partial charge in [0.15, 0.2) is 0 Å². The zero-order valence-electron chi connectivity index (χ0n) is 20.7. The van der Waals surface area contributed by atoms with Crippen molar-refractivity contribution in [3.05, 3.63) is 86.1 Å². The number of benzene rings is 1. The number of hydrogen-bond donors (Lipinski definition) is 2. The van der Waals surface area contributed by atoms with E-state index in [1.54, 1.807) is 0 Å². The quantitative estimate of drug-likeness (QED) is 0.443. The van der Waals surface area contributed by atoms with E-state index in [0.717, 1.165) is 50.1 Å². The number of H-pyrrole nitrogens is 1. The number of rotatable bonds is 5. The molecule has 7 nitrogen and oxygen atoms in total. The van der Waals surface area contributed by atoms with Gasteiger partial charge in [-0.2, -0.15) is 0 Å². The number of aliphatic imine (C=N–C) groups is 1. The van der Waals surface area contributed by atoms with Crippen LogP contribution < -0.4 is 10.9 Å². The van der Waals surface area contributed by atoms with Crippen molar-refractivity contribution < 1.29 is 4.79 Å². The Balaban J connectivity index is 1.60. The molecular formula is C28H29N5O2. The molecule has 0 bridgehead atoms. The fourth-order valence-electron chi connectivity index (χ4n) is 4.87. The van der Waals surface area contributed by atoms with E-state index in [1.807, 2.05) is 45.3 Å². The van der Waals surface area contributed by atoms with Gasteiger partial charge in [-0.05, 0) is 75.6 Å². The molecule has 0 fully saturated rings. The zero-order valence-corrected chi connectivity index (χ0v) is 20.7. The minimum Gasteiger partial charge on any atom is -0.348 e. The maximum atomic E-state index is 13.6. The molecule has 0 radical (unpaired) electrons. The second-order valence-corrected chi connectivity index (χ2v) is 9.59. The van der Waals surface area contributed by atoms with Gasteiger partial charge in [0.1, 0.15) is 0 Å². The molecule has 0 spiro atoms. The fourth-order valence-corrected chi connectivity index (χ4v) is 4.87. The standard InChI is InChI=1S/C28H29N5O2/c1-15(2)33-14-17(4)26-22(27(34)31-13-23-16(3)6-18(5)32-28(23)35)7-19(9-25(26)33)24-8-20-10-29-11-21(20)12-30-24/h6-9,11-12,14-15H,10,13H2,1-5H3,(H,31,34)(H,32,35). The van der Waals surface area contributed by atoms with E-state index in [1.165, 1.54) is 0 Å². The van der Waals surface area contributed by atoms with Crippen LogP contribution in [0.15, 0.2) is 46.4 Å². The normalized spacial score (nSPS) is 12.5. The number of nitrogens with zero attached hydrogens (tertiary/aromatic N) is 3. The predicted octanol–water partition coefficient (Wildman–Crippen LogP) is 4.76. The van der Waals surface area contributed by atoms with E-state index in [0.29, 0.717) is 17.7 Å². The van der Waals surface area contributed by atoms with Gasteiger partial charge in [-0.15, -0.1) is 0 Å². The van der Waals surface area contributed by atoms with E-state index in [2.05, 4.69) is 57.0 Å². The molecular weight excluding hydrogens is 438 g/mol. The number of aryl methyl sites for hydroxylation is 3. The number of aromatic amines is 1. The van der Waals surface area contributed by atoms with Gasteiger partial charge in [0.25, 0.3) is 11.5 Å².